The van der Waals surface area contributed by atoms with E-state index in [-0.39, 0.29) is 24.3 Å². The molecule has 0 spiro atoms. The predicted octanol–water partition coefficient (Wildman–Crippen LogP) is 2.73. The molecular formula is C30H38N6O6. The fourth-order valence-corrected chi connectivity index (χ4v) is 5.51. The van der Waals surface area contributed by atoms with E-state index in [2.05, 4.69) is 20.5 Å². The van der Waals surface area contributed by atoms with Gasteiger partial charge in [0.2, 0.25) is 5.91 Å². The lowest BCUT2D eigenvalue weighted by atomic mass is 9.85. The Balaban J connectivity index is 1.34. The molecular weight excluding hydrogens is 540 g/mol. The van der Waals surface area contributed by atoms with Crippen molar-refractivity contribution in [1.82, 2.24) is 20.1 Å². The summed E-state index contributed by atoms with van der Waals surface area (Å²) < 4.78 is 5.39. The zero-order valence-electron chi connectivity index (χ0n) is 23.7. The van der Waals surface area contributed by atoms with Crippen molar-refractivity contribution in [2.24, 2.45) is 5.92 Å². The van der Waals surface area contributed by atoms with Crippen molar-refractivity contribution in [2.75, 3.05) is 62.7 Å². The van der Waals surface area contributed by atoms with Crippen LogP contribution < -0.4 is 15.5 Å². The molecule has 3 N–H and O–H groups in total. The lowest BCUT2D eigenvalue weighted by molar-refractivity contribution is -0.137. The van der Waals surface area contributed by atoms with E-state index in [0.717, 1.165) is 31.4 Å². The van der Waals surface area contributed by atoms with Crippen LogP contribution in [0.15, 0.2) is 42.7 Å². The minimum Gasteiger partial charge on any atom is -0.481 e. The quantitative estimate of drug-likeness (QED) is 0.434. The maximum Gasteiger partial charge on any atom is 0.320 e. The number of aliphatic carboxylic acids is 1. The average molecular weight is 579 g/mol. The number of nitrogens with one attached hydrogen (secondary N) is 2. The van der Waals surface area contributed by atoms with Gasteiger partial charge in [0.25, 0.3) is 5.91 Å². The third-order valence-electron chi connectivity index (χ3n) is 8.15. The molecule has 12 heteroatoms. The van der Waals surface area contributed by atoms with E-state index in [0.29, 0.717) is 69.3 Å². The van der Waals surface area contributed by atoms with Crippen LogP contribution in [0, 0.1) is 5.92 Å². The van der Waals surface area contributed by atoms with Crippen molar-refractivity contribution in [2.45, 2.75) is 38.1 Å². The molecule has 0 radical (unpaired) electrons. The molecule has 1 unspecified atom stereocenters. The number of hydrogen-bond acceptors (Lipinski definition) is 7. The monoisotopic (exact) mass is 578 g/mol. The summed E-state index contributed by atoms with van der Waals surface area (Å²) >= 11 is 0. The number of nitrogens with zero attached hydrogens (tertiary/aromatic N) is 4. The molecule has 2 saturated heterocycles. The van der Waals surface area contributed by atoms with Crippen LogP contribution in [0.2, 0.25) is 0 Å². The summed E-state index contributed by atoms with van der Waals surface area (Å²) in [7, 11) is 0. The highest BCUT2D eigenvalue weighted by Gasteiger charge is 2.29. The number of amides is 4. The second-order valence-corrected chi connectivity index (χ2v) is 11.0. The minimum absolute atomic E-state index is 0.0233. The normalized spacial score (nSPS) is 18.4. The first-order chi connectivity index (χ1) is 20.4. The van der Waals surface area contributed by atoms with Gasteiger partial charge >= 0.3 is 12.0 Å². The predicted molar refractivity (Wildman–Crippen MR) is 155 cm³/mol. The van der Waals surface area contributed by atoms with E-state index in [9.17, 15) is 24.3 Å². The zero-order valence-corrected chi connectivity index (χ0v) is 23.7. The van der Waals surface area contributed by atoms with Crippen LogP contribution in [0.1, 0.15) is 54.1 Å². The average Bonchev–Trinajstić information content (AvgIpc) is 3.22. The van der Waals surface area contributed by atoms with Crippen LogP contribution >= 0.6 is 0 Å². The number of rotatable bonds is 8. The zero-order chi connectivity index (χ0) is 29.5. The first-order valence-corrected chi connectivity index (χ1v) is 14.6. The van der Waals surface area contributed by atoms with Crippen LogP contribution in [0.25, 0.3) is 0 Å². The highest BCUT2D eigenvalue weighted by atomic mass is 16.5. The number of urea groups is 1. The Labute approximate surface area is 245 Å². The van der Waals surface area contributed by atoms with Gasteiger partial charge < -0.3 is 35.2 Å². The van der Waals surface area contributed by atoms with Crippen molar-refractivity contribution < 1.29 is 29.0 Å². The number of carbonyl (C=O) groups is 4. The van der Waals surface area contributed by atoms with Gasteiger partial charge in [-0.25, -0.2) is 4.79 Å². The lowest BCUT2D eigenvalue weighted by Crippen LogP contribution is -2.49. The van der Waals surface area contributed by atoms with E-state index >= 15 is 0 Å². The number of carbonyl (C=O) groups excluding carboxylic acids is 3. The molecule has 1 aliphatic carbocycles. The first-order valence-electron chi connectivity index (χ1n) is 14.6. The van der Waals surface area contributed by atoms with E-state index in [1.165, 1.54) is 6.20 Å². The van der Waals surface area contributed by atoms with E-state index < -0.39 is 17.9 Å². The second-order valence-electron chi connectivity index (χ2n) is 11.0. The Morgan fingerprint density at radius 3 is 2.45 bits per heavy atom. The van der Waals surface area contributed by atoms with Gasteiger partial charge in [-0.15, -0.1) is 0 Å². The van der Waals surface area contributed by atoms with Crippen LogP contribution in [0.4, 0.5) is 16.2 Å². The van der Waals surface area contributed by atoms with Crippen molar-refractivity contribution in [3.8, 4) is 0 Å². The van der Waals surface area contributed by atoms with E-state index in [1.54, 1.807) is 30.5 Å². The number of ether oxygens (including phenoxy) is 1. The summed E-state index contributed by atoms with van der Waals surface area (Å²) in [6.45, 7) is 4.72. The SMILES string of the molecule is O=C(O)CC(NC(=O)c1ccc(N2CCCN(C(=O)N3CCOCC3)CC2)c(NC(=O)C2CCC2)c1)c1cccnc1. The molecule has 4 amide bonds. The fraction of sp³-hybridized carbons (Fsp3) is 0.500. The van der Waals surface area contributed by atoms with Crippen molar-refractivity contribution in [3.63, 3.8) is 0 Å². The Bertz CT molecular complexity index is 1280. The molecule has 42 heavy (non-hydrogen) atoms. The number of aromatic nitrogens is 1. The standard InChI is InChI=1S/C30H38N6O6/c37-27(38)19-24(23-6-2-9-31-20-23)32-29(40)22-7-8-26(25(18-22)33-28(39)21-4-1-5-21)34-10-3-11-35(13-12-34)30(41)36-14-16-42-17-15-36/h2,6-9,18,20-21,24H,1,3-5,10-17,19H2,(H,32,40)(H,33,39)(H,37,38). The van der Waals surface area contributed by atoms with Gasteiger partial charge in [0.05, 0.1) is 37.1 Å². The minimum atomic E-state index is -1.05. The van der Waals surface area contributed by atoms with Crippen LogP contribution in [-0.2, 0) is 14.3 Å². The Morgan fingerprint density at radius 1 is 0.976 bits per heavy atom. The Morgan fingerprint density at radius 2 is 1.76 bits per heavy atom. The summed E-state index contributed by atoms with van der Waals surface area (Å²) in [5, 5.41) is 15.3. The van der Waals surface area contributed by atoms with Gasteiger partial charge in [0, 0.05) is 63.1 Å². The van der Waals surface area contributed by atoms with E-state index in [4.69, 9.17) is 4.74 Å². The van der Waals surface area contributed by atoms with Crippen molar-refractivity contribution >= 4 is 35.2 Å². The van der Waals surface area contributed by atoms with Gasteiger partial charge in [0.1, 0.15) is 0 Å². The molecule has 0 bridgehead atoms. The van der Waals surface area contributed by atoms with Crippen LogP contribution in [-0.4, -0.2) is 96.2 Å². The van der Waals surface area contributed by atoms with Crippen molar-refractivity contribution in [3.05, 3.63) is 53.9 Å². The number of hydrogen-bond donors (Lipinski definition) is 3. The van der Waals surface area contributed by atoms with Crippen LogP contribution in [0.3, 0.4) is 0 Å². The summed E-state index contributed by atoms with van der Waals surface area (Å²) in [6.07, 6.45) is 6.28. The Kier molecular flexibility index (Phi) is 9.52. The number of anilines is 2. The summed E-state index contributed by atoms with van der Waals surface area (Å²) in [5.74, 6) is -1.62. The molecule has 3 heterocycles. The highest BCUT2D eigenvalue weighted by Crippen LogP contribution is 2.32. The van der Waals surface area contributed by atoms with E-state index in [1.807, 2.05) is 15.9 Å². The maximum absolute atomic E-state index is 13.4. The molecule has 3 aliphatic rings. The molecule has 3 fully saturated rings. The second kappa shape index (κ2) is 13.6. The number of carboxylic acids is 1. The summed E-state index contributed by atoms with van der Waals surface area (Å²) in [6, 6.07) is 7.83. The van der Waals surface area contributed by atoms with Crippen molar-refractivity contribution in [1.29, 1.82) is 0 Å². The molecule has 2 aromatic rings. The molecule has 12 nitrogen and oxygen atoms in total. The molecule has 1 aromatic heterocycles. The molecule has 1 aromatic carbocycles. The maximum atomic E-state index is 13.4. The largest absolute Gasteiger partial charge is 0.481 e. The van der Waals surface area contributed by atoms with Gasteiger partial charge in [-0.2, -0.15) is 0 Å². The third kappa shape index (κ3) is 7.17. The number of carboxylic acid groups (broad SMARTS) is 1. The van der Waals surface area contributed by atoms with Gasteiger partial charge in [-0.05, 0) is 49.1 Å². The fourth-order valence-electron chi connectivity index (χ4n) is 5.51. The third-order valence-corrected chi connectivity index (χ3v) is 8.15. The smallest absolute Gasteiger partial charge is 0.320 e. The molecule has 224 valence electrons. The lowest BCUT2D eigenvalue weighted by Gasteiger charge is -2.32. The van der Waals surface area contributed by atoms with Gasteiger partial charge in [0.15, 0.2) is 0 Å². The molecule has 5 rings (SSSR count). The first kappa shape index (κ1) is 29.3. The molecule has 1 saturated carbocycles. The van der Waals surface area contributed by atoms with Gasteiger partial charge in [-0.1, -0.05) is 12.5 Å². The number of morpholine rings is 1. The summed E-state index contributed by atoms with van der Waals surface area (Å²) in [5.41, 5.74) is 2.21. The number of benzene rings is 1. The molecule has 1 atom stereocenters. The van der Waals surface area contributed by atoms with Crippen LogP contribution in [0.5, 0.6) is 0 Å². The summed E-state index contributed by atoms with van der Waals surface area (Å²) in [4.78, 5) is 60.9. The van der Waals surface area contributed by atoms with Gasteiger partial charge in [-0.3, -0.25) is 19.4 Å². The topological polar surface area (TPSA) is 144 Å². The molecule has 2 aliphatic heterocycles. The highest BCUT2D eigenvalue weighted by molar-refractivity contribution is 6.01. The number of pyridine rings is 1. The Hall–Kier alpha value is -4.19.